The zero-order valence-corrected chi connectivity index (χ0v) is 9.54. The number of likely N-dealkylation sites (tertiary alicyclic amines) is 1. The van der Waals surface area contributed by atoms with Gasteiger partial charge in [-0.25, -0.2) is 0 Å². The molecule has 2 fully saturated rings. The molecule has 2 rings (SSSR count). The predicted octanol–water partition coefficient (Wildman–Crippen LogP) is 2.12. The number of rotatable bonds is 3. The summed E-state index contributed by atoms with van der Waals surface area (Å²) in [4.78, 5) is 13.7. The van der Waals surface area contributed by atoms with E-state index in [2.05, 4.69) is 11.9 Å². The van der Waals surface area contributed by atoms with E-state index in [1.165, 1.54) is 12.8 Å². The predicted molar refractivity (Wildman–Crippen MR) is 58.8 cm³/mol. The first-order valence-electron chi connectivity index (χ1n) is 6.08. The third-order valence-electron chi connectivity index (χ3n) is 4.31. The van der Waals surface area contributed by atoms with Crippen LogP contribution in [0.3, 0.4) is 0 Å². The molecule has 0 aromatic carbocycles. The van der Waals surface area contributed by atoms with Crippen LogP contribution in [0.1, 0.15) is 44.9 Å². The van der Waals surface area contributed by atoms with Crippen molar-refractivity contribution in [3.8, 4) is 0 Å². The van der Waals surface area contributed by atoms with E-state index in [1.807, 2.05) is 0 Å². The van der Waals surface area contributed by atoms with Gasteiger partial charge in [0.2, 0.25) is 0 Å². The van der Waals surface area contributed by atoms with E-state index in [4.69, 9.17) is 0 Å². The number of carbonyl (C=O) groups is 1. The average molecular weight is 211 g/mol. The van der Waals surface area contributed by atoms with Crippen molar-refractivity contribution >= 4 is 5.97 Å². The average Bonchev–Trinajstić information content (AvgIpc) is 2.78. The van der Waals surface area contributed by atoms with Crippen molar-refractivity contribution in [1.29, 1.82) is 0 Å². The van der Waals surface area contributed by atoms with Crippen molar-refractivity contribution in [2.24, 2.45) is 5.41 Å². The maximum Gasteiger partial charge on any atom is 0.309 e. The second-order valence-corrected chi connectivity index (χ2v) is 5.27. The van der Waals surface area contributed by atoms with E-state index in [1.54, 1.807) is 0 Å². The first kappa shape index (κ1) is 10.9. The van der Waals surface area contributed by atoms with Gasteiger partial charge in [-0.3, -0.25) is 4.79 Å². The molecule has 0 aromatic heterocycles. The van der Waals surface area contributed by atoms with Gasteiger partial charge in [0.05, 0.1) is 5.41 Å². The smallest absolute Gasteiger partial charge is 0.309 e. The third kappa shape index (κ3) is 2.03. The number of hydrogen-bond acceptors (Lipinski definition) is 2. The molecule has 0 spiro atoms. The van der Waals surface area contributed by atoms with Gasteiger partial charge in [-0.2, -0.15) is 0 Å². The minimum atomic E-state index is -0.555. The van der Waals surface area contributed by atoms with Crippen LogP contribution in [0.25, 0.3) is 0 Å². The molecule has 1 saturated carbocycles. The molecule has 1 saturated heterocycles. The van der Waals surface area contributed by atoms with Crippen molar-refractivity contribution in [2.75, 3.05) is 13.6 Å². The number of aliphatic carboxylic acids is 1. The molecule has 1 N–H and O–H groups in total. The van der Waals surface area contributed by atoms with Gasteiger partial charge in [0.1, 0.15) is 0 Å². The van der Waals surface area contributed by atoms with Gasteiger partial charge in [-0.15, -0.1) is 0 Å². The fourth-order valence-corrected chi connectivity index (χ4v) is 3.25. The van der Waals surface area contributed by atoms with Crippen molar-refractivity contribution in [3.63, 3.8) is 0 Å². The van der Waals surface area contributed by atoms with Crippen LogP contribution in [0.2, 0.25) is 0 Å². The maximum absolute atomic E-state index is 11.4. The summed E-state index contributed by atoms with van der Waals surface area (Å²) in [5.74, 6) is -0.555. The first-order chi connectivity index (χ1) is 7.14. The van der Waals surface area contributed by atoms with Crippen LogP contribution in [0.5, 0.6) is 0 Å². The molecular formula is C12H21NO2. The van der Waals surface area contributed by atoms with E-state index in [9.17, 15) is 9.90 Å². The summed E-state index contributed by atoms with van der Waals surface area (Å²) in [6, 6.07) is 0.513. The zero-order valence-electron chi connectivity index (χ0n) is 9.54. The summed E-state index contributed by atoms with van der Waals surface area (Å²) in [6.45, 7) is 1.14. The van der Waals surface area contributed by atoms with Crippen molar-refractivity contribution < 1.29 is 9.90 Å². The van der Waals surface area contributed by atoms with Crippen LogP contribution in [-0.4, -0.2) is 35.6 Å². The lowest BCUT2D eigenvalue weighted by molar-refractivity contribution is -0.149. The Kier molecular flexibility index (Phi) is 3.01. The minimum absolute atomic E-state index is 0.386. The topological polar surface area (TPSA) is 40.5 Å². The lowest BCUT2D eigenvalue weighted by Gasteiger charge is -2.30. The van der Waals surface area contributed by atoms with Gasteiger partial charge >= 0.3 is 5.97 Å². The Morgan fingerprint density at radius 2 is 2.07 bits per heavy atom. The highest BCUT2D eigenvalue weighted by molar-refractivity contribution is 5.75. The lowest BCUT2D eigenvalue weighted by Crippen LogP contribution is -2.36. The summed E-state index contributed by atoms with van der Waals surface area (Å²) in [6.07, 6.45) is 7.28. The second kappa shape index (κ2) is 4.12. The monoisotopic (exact) mass is 211 g/mol. The lowest BCUT2D eigenvalue weighted by atomic mass is 9.79. The van der Waals surface area contributed by atoms with Gasteiger partial charge in [-0.1, -0.05) is 12.8 Å². The van der Waals surface area contributed by atoms with Crippen molar-refractivity contribution in [2.45, 2.75) is 51.0 Å². The van der Waals surface area contributed by atoms with Crippen molar-refractivity contribution in [3.05, 3.63) is 0 Å². The molecule has 1 atom stereocenters. The molecule has 0 bridgehead atoms. The highest BCUT2D eigenvalue weighted by atomic mass is 16.4. The molecule has 1 aliphatic heterocycles. The van der Waals surface area contributed by atoms with Crippen LogP contribution in [0.4, 0.5) is 0 Å². The largest absolute Gasteiger partial charge is 0.481 e. The molecule has 2 aliphatic rings. The Bertz CT molecular complexity index is 246. The number of carboxylic acids is 1. The normalized spacial score (nSPS) is 30.9. The number of carboxylic acid groups (broad SMARTS) is 1. The van der Waals surface area contributed by atoms with E-state index >= 15 is 0 Å². The van der Waals surface area contributed by atoms with Gasteiger partial charge in [0.15, 0.2) is 0 Å². The molecule has 3 heteroatoms. The van der Waals surface area contributed by atoms with Crippen molar-refractivity contribution in [1.82, 2.24) is 4.90 Å². The maximum atomic E-state index is 11.4. The summed E-state index contributed by atoms with van der Waals surface area (Å²) in [7, 11) is 2.13. The van der Waals surface area contributed by atoms with E-state index < -0.39 is 5.97 Å². The van der Waals surface area contributed by atoms with Crippen LogP contribution in [0, 0.1) is 5.41 Å². The van der Waals surface area contributed by atoms with Crippen LogP contribution >= 0.6 is 0 Å². The molecule has 15 heavy (non-hydrogen) atoms. The molecule has 86 valence electrons. The summed E-state index contributed by atoms with van der Waals surface area (Å²) in [5, 5.41) is 9.39. The SMILES string of the molecule is CN1CCCC1CC1(C(=O)O)CCCC1. The Hall–Kier alpha value is -0.570. The molecule has 1 aliphatic carbocycles. The number of hydrogen-bond donors (Lipinski definition) is 1. The van der Waals surface area contributed by atoms with E-state index in [0.717, 1.165) is 38.6 Å². The fraction of sp³-hybridized carbons (Fsp3) is 0.917. The van der Waals surface area contributed by atoms with Gasteiger partial charge in [-0.05, 0) is 45.7 Å². The summed E-state index contributed by atoms with van der Waals surface area (Å²) in [5.41, 5.74) is -0.386. The highest BCUT2D eigenvalue weighted by Gasteiger charge is 2.44. The van der Waals surface area contributed by atoms with Gasteiger partial charge in [0.25, 0.3) is 0 Å². The summed E-state index contributed by atoms with van der Waals surface area (Å²) < 4.78 is 0. The van der Waals surface area contributed by atoms with Gasteiger partial charge < -0.3 is 10.0 Å². The zero-order chi connectivity index (χ0) is 10.9. The molecular weight excluding hydrogens is 190 g/mol. The highest BCUT2D eigenvalue weighted by Crippen LogP contribution is 2.44. The quantitative estimate of drug-likeness (QED) is 0.777. The standard InChI is InChI=1S/C12H21NO2/c1-13-8-4-5-10(13)9-12(11(14)15)6-2-3-7-12/h10H,2-9H2,1H3,(H,14,15). The second-order valence-electron chi connectivity index (χ2n) is 5.27. The molecule has 1 heterocycles. The fourth-order valence-electron chi connectivity index (χ4n) is 3.25. The first-order valence-corrected chi connectivity index (χ1v) is 6.08. The summed E-state index contributed by atoms with van der Waals surface area (Å²) >= 11 is 0. The van der Waals surface area contributed by atoms with E-state index in [-0.39, 0.29) is 5.41 Å². The van der Waals surface area contributed by atoms with Gasteiger partial charge in [0, 0.05) is 6.04 Å². The van der Waals surface area contributed by atoms with Crippen LogP contribution < -0.4 is 0 Å². The van der Waals surface area contributed by atoms with E-state index in [0.29, 0.717) is 6.04 Å². The van der Waals surface area contributed by atoms with Crippen LogP contribution in [-0.2, 0) is 4.79 Å². The molecule has 0 amide bonds. The Labute approximate surface area is 91.5 Å². The van der Waals surface area contributed by atoms with Crippen LogP contribution in [0.15, 0.2) is 0 Å². The number of nitrogens with zero attached hydrogens (tertiary/aromatic N) is 1. The molecule has 1 unspecified atom stereocenters. The molecule has 0 aromatic rings. The molecule has 3 nitrogen and oxygen atoms in total. The Morgan fingerprint density at radius 3 is 2.53 bits per heavy atom. The Balaban J connectivity index is 2.03. The Morgan fingerprint density at radius 1 is 1.40 bits per heavy atom. The third-order valence-corrected chi connectivity index (χ3v) is 4.31. The molecule has 0 radical (unpaired) electrons. The minimum Gasteiger partial charge on any atom is -0.481 e.